The van der Waals surface area contributed by atoms with Gasteiger partial charge in [-0.1, -0.05) is 36.5 Å². The Morgan fingerprint density at radius 2 is 2.04 bits per heavy atom. The minimum atomic E-state index is -0.128. The summed E-state index contributed by atoms with van der Waals surface area (Å²) >= 11 is 1.53. The van der Waals surface area contributed by atoms with Crippen LogP contribution in [-0.2, 0) is 13.0 Å². The number of para-hydroxylation sites is 1. The molecule has 4 aromatic rings. The molecule has 28 heavy (non-hydrogen) atoms. The third kappa shape index (κ3) is 3.43. The van der Waals surface area contributed by atoms with Gasteiger partial charge in [-0.25, -0.2) is 4.98 Å². The van der Waals surface area contributed by atoms with Crippen LogP contribution in [0.2, 0.25) is 0 Å². The van der Waals surface area contributed by atoms with Crippen LogP contribution in [0.25, 0.3) is 10.2 Å². The second-order valence-electron chi connectivity index (χ2n) is 6.65. The SMILES string of the molecule is CCc1cccc2sc(N(Cc3ccccn3)C(=O)c3cc(C)oc3C)nc12. The van der Waals surface area contributed by atoms with Crippen LogP contribution in [0.5, 0.6) is 0 Å². The zero-order chi connectivity index (χ0) is 19.7. The Labute approximate surface area is 167 Å². The fraction of sp³-hybridized carbons (Fsp3) is 0.227. The summed E-state index contributed by atoms with van der Waals surface area (Å²) in [6.45, 7) is 6.12. The van der Waals surface area contributed by atoms with E-state index in [1.165, 1.54) is 16.9 Å². The number of carbonyl (C=O) groups is 1. The molecule has 1 amide bonds. The molecule has 0 aliphatic rings. The lowest BCUT2D eigenvalue weighted by molar-refractivity contribution is 0.0983. The van der Waals surface area contributed by atoms with Crippen LogP contribution < -0.4 is 4.90 Å². The van der Waals surface area contributed by atoms with E-state index < -0.39 is 0 Å². The summed E-state index contributed by atoms with van der Waals surface area (Å²) in [5, 5.41) is 0.671. The fourth-order valence-electron chi connectivity index (χ4n) is 3.26. The van der Waals surface area contributed by atoms with Gasteiger partial charge in [0.2, 0.25) is 0 Å². The van der Waals surface area contributed by atoms with Crippen molar-refractivity contribution >= 4 is 32.6 Å². The van der Waals surface area contributed by atoms with Crippen LogP contribution in [0.15, 0.2) is 53.1 Å². The molecule has 4 rings (SSSR count). The number of amides is 1. The van der Waals surface area contributed by atoms with E-state index in [1.807, 2.05) is 44.2 Å². The van der Waals surface area contributed by atoms with Crippen LogP contribution in [0.4, 0.5) is 5.13 Å². The molecule has 1 aromatic carbocycles. The van der Waals surface area contributed by atoms with Gasteiger partial charge in [0.25, 0.3) is 5.91 Å². The summed E-state index contributed by atoms with van der Waals surface area (Å²) in [5.74, 6) is 1.21. The summed E-state index contributed by atoms with van der Waals surface area (Å²) in [4.78, 5) is 24.3. The first-order chi connectivity index (χ1) is 13.6. The quantitative estimate of drug-likeness (QED) is 0.462. The summed E-state index contributed by atoms with van der Waals surface area (Å²) in [6.07, 6.45) is 2.63. The number of furan rings is 1. The number of anilines is 1. The highest BCUT2D eigenvalue weighted by atomic mass is 32.1. The highest BCUT2D eigenvalue weighted by Crippen LogP contribution is 2.33. The first kappa shape index (κ1) is 18.4. The highest BCUT2D eigenvalue weighted by molar-refractivity contribution is 7.22. The molecule has 3 heterocycles. The minimum absolute atomic E-state index is 0.128. The topological polar surface area (TPSA) is 59.2 Å². The standard InChI is InChI=1S/C22H21N3O2S/c1-4-16-8-7-10-19-20(16)24-22(28-19)25(13-17-9-5-6-11-23-17)21(26)18-12-14(2)27-15(18)3/h5-12H,4,13H2,1-3H3. The zero-order valence-corrected chi connectivity index (χ0v) is 16.9. The molecule has 0 fully saturated rings. The second-order valence-corrected chi connectivity index (χ2v) is 7.66. The minimum Gasteiger partial charge on any atom is -0.466 e. The molecule has 0 atom stereocenters. The van der Waals surface area contributed by atoms with E-state index >= 15 is 0 Å². The van der Waals surface area contributed by atoms with Crippen molar-refractivity contribution in [1.82, 2.24) is 9.97 Å². The third-order valence-electron chi connectivity index (χ3n) is 4.67. The molecule has 6 heteroatoms. The van der Waals surface area contributed by atoms with E-state index in [4.69, 9.17) is 9.40 Å². The first-order valence-electron chi connectivity index (χ1n) is 9.24. The monoisotopic (exact) mass is 391 g/mol. The smallest absolute Gasteiger partial charge is 0.263 e. The van der Waals surface area contributed by atoms with E-state index in [-0.39, 0.29) is 5.91 Å². The molecule has 0 aliphatic heterocycles. The lowest BCUT2D eigenvalue weighted by atomic mass is 10.1. The third-order valence-corrected chi connectivity index (χ3v) is 5.71. The van der Waals surface area contributed by atoms with Gasteiger partial charge in [-0.05, 0) is 50.1 Å². The Balaban J connectivity index is 1.81. The maximum atomic E-state index is 13.4. The van der Waals surface area contributed by atoms with Crippen molar-refractivity contribution in [3.8, 4) is 0 Å². The van der Waals surface area contributed by atoms with Crippen LogP contribution in [0, 0.1) is 13.8 Å². The number of hydrogen-bond acceptors (Lipinski definition) is 5. The summed E-state index contributed by atoms with van der Waals surface area (Å²) in [7, 11) is 0. The highest BCUT2D eigenvalue weighted by Gasteiger charge is 2.25. The molecule has 0 bridgehead atoms. The summed E-state index contributed by atoms with van der Waals surface area (Å²) in [6, 6.07) is 13.7. The normalized spacial score (nSPS) is 11.1. The summed E-state index contributed by atoms with van der Waals surface area (Å²) < 4.78 is 6.66. The molecule has 5 nitrogen and oxygen atoms in total. The van der Waals surface area contributed by atoms with Gasteiger partial charge < -0.3 is 4.42 Å². The predicted octanol–water partition coefficient (Wildman–Crippen LogP) is 5.31. The summed E-state index contributed by atoms with van der Waals surface area (Å²) in [5.41, 5.74) is 3.51. The van der Waals surface area contributed by atoms with Crippen LogP contribution in [-0.4, -0.2) is 15.9 Å². The molecule has 142 valence electrons. The Morgan fingerprint density at radius 1 is 1.18 bits per heavy atom. The first-order valence-corrected chi connectivity index (χ1v) is 10.1. The van der Waals surface area contributed by atoms with Crippen LogP contribution >= 0.6 is 11.3 Å². The van der Waals surface area contributed by atoms with Crippen molar-refractivity contribution in [1.29, 1.82) is 0 Å². The number of hydrogen-bond donors (Lipinski definition) is 0. The molecular formula is C22H21N3O2S. The van der Waals surface area contributed by atoms with Gasteiger partial charge in [-0.15, -0.1) is 0 Å². The van der Waals surface area contributed by atoms with Gasteiger partial charge in [-0.3, -0.25) is 14.7 Å². The fourth-order valence-corrected chi connectivity index (χ4v) is 4.27. The van der Waals surface area contributed by atoms with Crippen molar-refractivity contribution in [3.05, 3.63) is 77.0 Å². The van der Waals surface area contributed by atoms with E-state index in [9.17, 15) is 4.79 Å². The van der Waals surface area contributed by atoms with Crippen molar-refractivity contribution in [2.75, 3.05) is 4.90 Å². The number of pyridine rings is 1. The van der Waals surface area contributed by atoms with E-state index in [1.54, 1.807) is 17.2 Å². The molecule has 0 spiro atoms. The molecule has 0 saturated heterocycles. The largest absolute Gasteiger partial charge is 0.466 e. The van der Waals surface area contributed by atoms with Crippen molar-refractivity contribution < 1.29 is 9.21 Å². The molecule has 0 saturated carbocycles. The van der Waals surface area contributed by atoms with E-state index in [0.717, 1.165) is 28.1 Å². The van der Waals surface area contributed by atoms with Crippen LogP contribution in [0.3, 0.4) is 0 Å². The number of benzene rings is 1. The zero-order valence-electron chi connectivity index (χ0n) is 16.1. The Bertz CT molecular complexity index is 1130. The number of thiazole rings is 1. The lowest BCUT2D eigenvalue weighted by Gasteiger charge is -2.19. The van der Waals surface area contributed by atoms with Crippen LogP contribution in [0.1, 0.15) is 40.1 Å². The molecule has 3 aromatic heterocycles. The predicted molar refractivity (Wildman–Crippen MR) is 112 cm³/mol. The average Bonchev–Trinajstić information content (AvgIpc) is 3.28. The van der Waals surface area contributed by atoms with Crippen molar-refractivity contribution in [2.45, 2.75) is 33.7 Å². The molecule has 0 radical (unpaired) electrons. The average molecular weight is 391 g/mol. The maximum Gasteiger partial charge on any atom is 0.263 e. The second kappa shape index (κ2) is 7.56. The molecule has 0 unspecified atom stereocenters. The lowest BCUT2D eigenvalue weighted by Crippen LogP contribution is -2.30. The number of aryl methyl sites for hydroxylation is 3. The number of carbonyl (C=O) groups excluding carboxylic acids is 1. The van der Waals surface area contributed by atoms with E-state index in [2.05, 4.69) is 18.0 Å². The van der Waals surface area contributed by atoms with Gasteiger partial charge >= 0.3 is 0 Å². The van der Waals surface area contributed by atoms with Crippen molar-refractivity contribution in [2.24, 2.45) is 0 Å². The Hall–Kier alpha value is -2.99. The molecule has 0 aliphatic carbocycles. The number of aromatic nitrogens is 2. The van der Waals surface area contributed by atoms with Gasteiger partial charge in [0.05, 0.1) is 28.0 Å². The number of fused-ring (bicyclic) bond motifs is 1. The Kier molecular flexibility index (Phi) is 4.96. The van der Waals surface area contributed by atoms with Gasteiger partial charge in [0, 0.05) is 6.20 Å². The number of nitrogens with zero attached hydrogens (tertiary/aromatic N) is 3. The molecule has 0 N–H and O–H groups in total. The van der Waals surface area contributed by atoms with Crippen molar-refractivity contribution in [3.63, 3.8) is 0 Å². The van der Waals surface area contributed by atoms with E-state index in [0.29, 0.717) is 23.0 Å². The van der Waals surface area contributed by atoms with Gasteiger partial charge in [-0.2, -0.15) is 0 Å². The van der Waals surface area contributed by atoms with Gasteiger partial charge in [0.1, 0.15) is 11.5 Å². The number of rotatable bonds is 5. The maximum absolute atomic E-state index is 13.4. The Morgan fingerprint density at radius 3 is 2.71 bits per heavy atom. The van der Waals surface area contributed by atoms with Gasteiger partial charge in [0.15, 0.2) is 5.13 Å². The molecular weight excluding hydrogens is 370 g/mol.